The van der Waals surface area contributed by atoms with Crippen LogP contribution in [0.1, 0.15) is 30.9 Å². The van der Waals surface area contributed by atoms with Crippen LogP contribution in [0.5, 0.6) is 5.75 Å². The number of amides is 1. The van der Waals surface area contributed by atoms with E-state index in [2.05, 4.69) is 5.32 Å². The number of rotatable bonds is 7. The topological polar surface area (TPSA) is 75.7 Å². The first-order valence-electron chi connectivity index (χ1n) is 9.53. The fraction of sp³-hybridized carbons (Fsp3) is 0.381. The molecule has 2 aromatic carbocycles. The Morgan fingerprint density at radius 1 is 1.14 bits per heavy atom. The number of sulfonamides is 1. The standard InChI is InChI=1S/C21H26N2O4S/c1-3-17-8-4-5-9-19(17)22-21(24)15-27-20-11-10-18(14-16(20)2)28(25,26)23-12-6-7-13-23/h4-5,8-11,14H,3,6-7,12-13,15H2,1-2H3,(H,22,24). The van der Waals surface area contributed by atoms with Crippen molar-refractivity contribution in [1.29, 1.82) is 0 Å². The molecule has 1 saturated heterocycles. The zero-order valence-corrected chi connectivity index (χ0v) is 17.1. The highest BCUT2D eigenvalue weighted by Gasteiger charge is 2.27. The highest BCUT2D eigenvalue weighted by Crippen LogP contribution is 2.26. The Balaban J connectivity index is 1.64. The van der Waals surface area contributed by atoms with Gasteiger partial charge in [-0.05, 0) is 61.6 Å². The third-order valence-corrected chi connectivity index (χ3v) is 6.77. The van der Waals surface area contributed by atoms with E-state index in [1.807, 2.05) is 31.2 Å². The summed E-state index contributed by atoms with van der Waals surface area (Å²) in [6, 6.07) is 12.4. The van der Waals surface area contributed by atoms with Gasteiger partial charge in [0.05, 0.1) is 4.90 Å². The maximum Gasteiger partial charge on any atom is 0.262 e. The lowest BCUT2D eigenvalue weighted by Crippen LogP contribution is -2.28. The van der Waals surface area contributed by atoms with Crippen LogP contribution in [-0.2, 0) is 21.2 Å². The number of aryl methyl sites for hydroxylation is 2. The van der Waals surface area contributed by atoms with E-state index < -0.39 is 10.0 Å². The molecule has 0 saturated carbocycles. The normalized spacial score (nSPS) is 14.8. The van der Waals surface area contributed by atoms with Crippen LogP contribution in [0.25, 0.3) is 0 Å². The average molecular weight is 403 g/mol. The van der Waals surface area contributed by atoms with E-state index in [0.29, 0.717) is 24.4 Å². The number of carbonyl (C=O) groups is 1. The highest BCUT2D eigenvalue weighted by molar-refractivity contribution is 7.89. The van der Waals surface area contributed by atoms with Crippen molar-refractivity contribution in [3.05, 3.63) is 53.6 Å². The van der Waals surface area contributed by atoms with E-state index in [1.165, 1.54) is 4.31 Å². The summed E-state index contributed by atoms with van der Waals surface area (Å²) in [5.41, 5.74) is 2.52. The van der Waals surface area contributed by atoms with Crippen molar-refractivity contribution in [2.24, 2.45) is 0 Å². The number of ether oxygens (including phenoxy) is 1. The van der Waals surface area contributed by atoms with Crippen LogP contribution in [0.4, 0.5) is 5.69 Å². The van der Waals surface area contributed by atoms with Gasteiger partial charge in [-0.25, -0.2) is 8.42 Å². The summed E-state index contributed by atoms with van der Waals surface area (Å²) in [6.45, 7) is 4.81. The van der Waals surface area contributed by atoms with Gasteiger partial charge in [0.25, 0.3) is 5.91 Å². The van der Waals surface area contributed by atoms with Gasteiger partial charge in [0.2, 0.25) is 10.0 Å². The highest BCUT2D eigenvalue weighted by atomic mass is 32.2. The lowest BCUT2D eigenvalue weighted by molar-refractivity contribution is -0.118. The van der Waals surface area contributed by atoms with Gasteiger partial charge in [0.1, 0.15) is 5.75 Å². The van der Waals surface area contributed by atoms with Crippen molar-refractivity contribution < 1.29 is 17.9 Å². The van der Waals surface area contributed by atoms with E-state index in [4.69, 9.17) is 4.74 Å². The van der Waals surface area contributed by atoms with Crippen LogP contribution < -0.4 is 10.1 Å². The summed E-state index contributed by atoms with van der Waals surface area (Å²) in [7, 11) is -3.46. The number of anilines is 1. The van der Waals surface area contributed by atoms with Gasteiger partial charge in [0, 0.05) is 18.8 Å². The summed E-state index contributed by atoms with van der Waals surface area (Å²) in [5, 5.41) is 2.86. The number of nitrogens with one attached hydrogen (secondary N) is 1. The van der Waals surface area contributed by atoms with Gasteiger partial charge in [-0.1, -0.05) is 25.1 Å². The molecule has 28 heavy (non-hydrogen) atoms. The third kappa shape index (κ3) is 4.54. The van der Waals surface area contributed by atoms with Crippen LogP contribution >= 0.6 is 0 Å². The molecule has 0 radical (unpaired) electrons. The van der Waals surface area contributed by atoms with Crippen molar-refractivity contribution in [2.75, 3.05) is 25.0 Å². The fourth-order valence-electron chi connectivity index (χ4n) is 3.30. The van der Waals surface area contributed by atoms with E-state index in [9.17, 15) is 13.2 Å². The van der Waals surface area contributed by atoms with Gasteiger partial charge in [0.15, 0.2) is 6.61 Å². The molecule has 1 N–H and O–H groups in total. The number of hydrogen-bond acceptors (Lipinski definition) is 4. The van der Waals surface area contributed by atoms with Gasteiger partial charge >= 0.3 is 0 Å². The summed E-state index contributed by atoms with van der Waals surface area (Å²) in [4.78, 5) is 12.5. The van der Waals surface area contributed by atoms with Crippen molar-refractivity contribution in [3.63, 3.8) is 0 Å². The maximum atomic E-state index is 12.6. The number of carbonyl (C=O) groups excluding carboxylic acids is 1. The predicted molar refractivity (Wildman–Crippen MR) is 109 cm³/mol. The second kappa shape index (κ2) is 8.75. The Bertz CT molecular complexity index is 951. The molecule has 6 nitrogen and oxygen atoms in total. The van der Waals surface area contributed by atoms with E-state index >= 15 is 0 Å². The summed E-state index contributed by atoms with van der Waals surface area (Å²) < 4.78 is 32.4. The zero-order valence-electron chi connectivity index (χ0n) is 16.3. The first kappa shape index (κ1) is 20.4. The molecule has 1 aliphatic rings. The summed E-state index contributed by atoms with van der Waals surface area (Å²) >= 11 is 0. The van der Waals surface area contributed by atoms with Gasteiger partial charge < -0.3 is 10.1 Å². The molecule has 0 aromatic heterocycles. The first-order valence-corrected chi connectivity index (χ1v) is 11.0. The lowest BCUT2D eigenvalue weighted by Gasteiger charge is -2.17. The van der Waals surface area contributed by atoms with Gasteiger partial charge in [-0.2, -0.15) is 4.31 Å². The Hall–Kier alpha value is -2.38. The quantitative estimate of drug-likeness (QED) is 0.771. The zero-order chi connectivity index (χ0) is 20.1. The van der Waals surface area contributed by atoms with Crippen LogP contribution in [0, 0.1) is 6.92 Å². The second-order valence-electron chi connectivity index (χ2n) is 6.89. The predicted octanol–water partition coefficient (Wildman–Crippen LogP) is 3.36. The summed E-state index contributed by atoms with van der Waals surface area (Å²) in [5.74, 6) is 0.244. The SMILES string of the molecule is CCc1ccccc1NC(=O)COc1ccc(S(=O)(=O)N2CCCC2)cc1C. The third-order valence-electron chi connectivity index (χ3n) is 4.88. The molecule has 1 amide bonds. The molecule has 0 aliphatic carbocycles. The van der Waals surface area contributed by atoms with Crippen molar-refractivity contribution in [2.45, 2.75) is 38.0 Å². The number of nitrogens with zero attached hydrogens (tertiary/aromatic N) is 1. The molecule has 150 valence electrons. The van der Waals surface area contributed by atoms with Crippen LogP contribution in [0.3, 0.4) is 0 Å². The minimum atomic E-state index is -3.46. The maximum absolute atomic E-state index is 12.6. The Kier molecular flexibility index (Phi) is 6.36. The number of benzene rings is 2. The van der Waals surface area contributed by atoms with Crippen molar-refractivity contribution in [3.8, 4) is 5.75 Å². The molecule has 1 aliphatic heterocycles. The average Bonchev–Trinajstić information content (AvgIpc) is 3.23. The molecular weight excluding hydrogens is 376 g/mol. The van der Waals surface area contributed by atoms with Crippen LogP contribution in [0.15, 0.2) is 47.4 Å². The largest absolute Gasteiger partial charge is 0.483 e. The minimum Gasteiger partial charge on any atom is -0.483 e. The summed E-state index contributed by atoms with van der Waals surface area (Å²) in [6.07, 6.45) is 2.62. The second-order valence-corrected chi connectivity index (χ2v) is 8.82. The lowest BCUT2D eigenvalue weighted by atomic mass is 10.1. The smallest absolute Gasteiger partial charge is 0.262 e. The fourth-order valence-corrected chi connectivity index (χ4v) is 4.90. The van der Waals surface area contributed by atoms with E-state index in [-0.39, 0.29) is 17.4 Å². The van der Waals surface area contributed by atoms with E-state index in [1.54, 1.807) is 25.1 Å². The monoisotopic (exact) mass is 402 g/mol. The van der Waals surface area contributed by atoms with Crippen molar-refractivity contribution in [1.82, 2.24) is 4.31 Å². The molecular formula is C21H26N2O4S. The van der Waals surface area contributed by atoms with Crippen LogP contribution in [0.2, 0.25) is 0 Å². The molecule has 0 bridgehead atoms. The molecule has 7 heteroatoms. The molecule has 2 aromatic rings. The van der Waals surface area contributed by atoms with Gasteiger partial charge in [-0.3, -0.25) is 4.79 Å². The molecule has 3 rings (SSSR count). The minimum absolute atomic E-state index is 0.142. The van der Waals surface area contributed by atoms with Crippen LogP contribution in [-0.4, -0.2) is 38.3 Å². The Morgan fingerprint density at radius 3 is 2.54 bits per heavy atom. The molecule has 1 heterocycles. The number of para-hydroxylation sites is 1. The Morgan fingerprint density at radius 2 is 1.86 bits per heavy atom. The molecule has 0 spiro atoms. The number of hydrogen-bond donors (Lipinski definition) is 1. The molecule has 0 unspecified atom stereocenters. The Labute approximate surface area is 166 Å². The van der Waals surface area contributed by atoms with Crippen molar-refractivity contribution >= 4 is 21.6 Å². The molecule has 0 atom stereocenters. The molecule has 1 fully saturated rings. The van der Waals surface area contributed by atoms with Gasteiger partial charge in [-0.15, -0.1) is 0 Å². The first-order chi connectivity index (χ1) is 13.4. The van der Waals surface area contributed by atoms with E-state index in [0.717, 1.165) is 30.5 Å².